The monoisotopic (exact) mass is 219 g/mol. The van der Waals surface area contributed by atoms with Crippen LogP contribution < -0.4 is 5.32 Å². The van der Waals surface area contributed by atoms with Gasteiger partial charge in [0.25, 0.3) is 0 Å². The van der Waals surface area contributed by atoms with Gasteiger partial charge in [-0.2, -0.15) is 4.98 Å². The van der Waals surface area contributed by atoms with E-state index < -0.39 is 0 Å². The molecule has 1 unspecified atom stereocenters. The van der Waals surface area contributed by atoms with Crippen LogP contribution in [0.5, 0.6) is 0 Å². The van der Waals surface area contributed by atoms with Crippen molar-refractivity contribution >= 4 is 0 Å². The van der Waals surface area contributed by atoms with Crippen molar-refractivity contribution in [3.8, 4) is 11.4 Å². The van der Waals surface area contributed by atoms with Gasteiger partial charge in [0.1, 0.15) is 6.26 Å². The van der Waals surface area contributed by atoms with Gasteiger partial charge in [-0.25, -0.2) is 0 Å². The van der Waals surface area contributed by atoms with Crippen molar-refractivity contribution in [2.24, 2.45) is 0 Å². The second kappa shape index (κ2) is 3.45. The number of hydrogen-bond donors (Lipinski definition) is 1. The Hall–Kier alpha value is -1.62. The highest BCUT2D eigenvalue weighted by atomic mass is 16.5. The zero-order chi connectivity index (χ0) is 11.0. The van der Waals surface area contributed by atoms with E-state index in [1.807, 2.05) is 6.07 Å². The lowest BCUT2D eigenvalue weighted by atomic mass is 10.0. The van der Waals surface area contributed by atoms with Gasteiger partial charge in [0.15, 0.2) is 0 Å². The summed E-state index contributed by atoms with van der Waals surface area (Å²) in [6.07, 6.45) is 5.37. The summed E-state index contributed by atoms with van der Waals surface area (Å²) in [7, 11) is 0. The van der Waals surface area contributed by atoms with Crippen LogP contribution in [0.1, 0.15) is 25.7 Å². The van der Waals surface area contributed by atoms with Crippen LogP contribution >= 0.6 is 0 Å². The number of nitrogens with zero attached hydrogens (tertiary/aromatic N) is 2. The summed E-state index contributed by atoms with van der Waals surface area (Å²) in [5.74, 6) is 1.24. The number of rotatable bonds is 2. The molecule has 16 heavy (non-hydrogen) atoms. The first-order valence-electron chi connectivity index (χ1n) is 5.40. The van der Waals surface area contributed by atoms with Crippen LogP contribution in [0.15, 0.2) is 27.5 Å². The maximum atomic E-state index is 5.31. The fraction of sp³-hybridized carbons (Fsp3) is 0.455. The van der Waals surface area contributed by atoms with E-state index in [1.165, 1.54) is 0 Å². The SMILES string of the molecule is CC1(c2nc(-c3ccoc3)no2)CCCN1. The number of furan rings is 1. The van der Waals surface area contributed by atoms with Crippen molar-refractivity contribution in [1.82, 2.24) is 15.5 Å². The van der Waals surface area contributed by atoms with Gasteiger partial charge in [-0.1, -0.05) is 5.16 Å². The summed E-state index contributed by atoms with van der Waals surface area (Å²) in [4.78, 5) is 4.41. The minimum absolute atomic E-state index is 0.172. The first-order chi connectivity index (χ1) is 7.78. The fourth-order valence-electron chi connectivity index (χ4n) is 2.03. The Balaban J connectivity index is 1.93. The lowest BCUT2D eigenvalue weighted by Gasteiger charge is -2.18. The van der Waals surface area contributed by atoms with Crippen LogP contribution in [-0.2, 0) is 5.54 Å². The van der Waals surface area contributed by atoms with Crippen molar-refractivity contribution in [1.29, 1.82) is 0 Å². The van der Waals surface area contributed by atoms with Gasteiger partial charge in [0.05, 0.1) is 17.4 Å². The maximum absolute atomic E-state index is 5.31. The zero-order valence-corrected chi connectivity index (χ0v) is 9.06. The molecule has 1 saturated heterocycles. The molecular formula is C11H13N3O2. The molecule has 0 saturated carbocycles. The van der Waals surface area contributed by atoms with Crippen molar-refractivity contribution in [3.63, 3.8) is 0 Å². The molecule has 84 valence electrons. The number of aromatic nitrogens is 2. The van der Waals surface area contributed by atoms with Gasteiger partial charge in [-0.05, 0) is 32.4 Å². The Morgan fingerprint density at radius 3 is 3.12 bits per heavy atom. The molecular weight excluding hydrogens is 206 g/mol. The van der Waals surface area contributed by atoms with Crippen molar-refractivity contribution in [2.45, 2.75) is 25.3 Å². The Morgan fingerprint density at radius 2 is 2.44 bits per heavy atom. The summed E-state index contributed by atoms with van der Waals surface area (Å²) in [6.45, 7) is 3.09. The van der Waals surface area contributed by atoms with Gasteiger partial charge in [-0.15, -0.1) is 0 Å². The Morgan fingerprint density at radius 1 is 1.50 bits per heavy atom. The van der Waals surface area contributed by atoms with E-state index in [9.17, 15) is 0 Å². The molecule has 0 spiro atoms. The Labute approximate surface area is 92.8 Å². The van der Waals surface area contributed by atoms with E-state index in [-0.39, 0.29) is 5.54 Å². The molecule has 1 fully saturated rings. The average molecular weight is 219 g/mol. The van der Waals surface area contributed by atoms with E-state index in [0.29, 0.717) is 11.7 Å². The first-order valence-corrected chi connectivity index (χ1v) is 5.40. The van der Waals surface area contributed by atoms with Crippen LogP contribution in [0.3, 0.4) is 0 Å². The minimum atomic E-state index is -0.172. The van der Waals surface area contributed by atoms with Gasteiger partial charge in [-0.3, -0.25) is 0 Å². The van der Waals surface area contributed by atoms with Gasteiger partial charge in [0, 0.05) is 0 Å². The van der Waals surface area contributed by atoms with Crippen LogP contribution in [0.25, 0.3) is 11.4 Å². The van der Waals surface area contributed by atoms with Crippen LogP contribution in [0.2, 0.25) is 0 Å². The van der Waals surface area contributed by atoms with Gasteiger partial charge in [0.2, 0.25) is 11.7 Å². The molecule has 1 aliphatic heterocycles. The van der Waals surface area contributed by atoms with E-state index in [4.69, 9.17) is 8.94 Å². The van der Waals surface area contributed by atoms with E-state index in [0.717, 1.165) is 24.9 Å². The molecule has 1 N–H and O–H groups in total. The molecule has 0 radical (unpaired) electrons. The standard InChI is InChI=1S/C11H13N3O2/c1-11(4-2-5-12-11)10-13-9(14-16-10)8-3-6-15-7-8/h3,6-7,12H,2,4-5H2,1H3. The van der Waals surface area contributed by atoms with Gasteiger partial charge >= 0.3 is 0 Å². The minimum Gasteiger partial charge on any atom is -0.472 e. The summed E-state index contributed by atoms with van der Waals surface area (Å²) in [5.41, 5.74) is 0.672. The fourth-order valence-corrected chi connectivity index (χ4v) is 2.03. The summed E-state index contributed by atoms with van der Waals surface area (Å²) in [6, 6.07) is 1.82. The topological polar surface area (TPSA) is 64.1 Å². The molecule has 1 atom stereocenters. The second-order valence-electron chi connectivity index (χ2n) is 4.30. The first kappa shape index (κ1) is 9.59. The molecule has 0 aromatic carbocycles. The van der Waals surface area contributed by atoms with E-state index in [1.54, 1.807) is 12.5 Å². The third-order valence-electron chi connectivity index (χ3n) is 3.05. The molecule has 0 aliphatic carbocycles. The second-order valence-corrected chi connectivity index (χ2v) is 4.30. The quantitative estimate of drug-likeness (QED) is 0.836. The predicted octanol–water partition coefficient (Wildman–Crippen LogP) is 1.93. The average Bonchev–Trinajstić information content (AvgIpc) is 2.98. The number of nitrogens with one attached hydrogen (secondary N) is 1. The van der Waals surface area contributed by atoms with Crippen LogP contribution in [-0.4, -0.2) is 16.7 Å². The lowest BCUT2D eigenvalue weighted by molar-refractivity contribution is 0.275. The van der Waals surface area contributed by atoms with E-state index >= 15 is 0 Å². The summed E-state index contributed by atoms with van der Waals surface area (Å²) in [5, 5.41) is 7.35. The summed E-state index contributed by atoms with van der Waals surface area (Å²) < 4.78 is 10.3. The molecule has 2 aromatic rings. The molecule has 3 heterocycles. The molecule has 0 bridgehead atoms. The molecule has 5 nitrogen and oxygen atoms in total. The third-order valence-corrected chi connectivity index (χ3v) is 3.05. The Bertz CT molecular complexity index is 469. The van der Waals surface area contributed by atoms with E-state index in [2.05, 4.69) is 22.4 Å². The lowest BCUT2D eigenvalue weighted by Crippen LogP contribution is -2.33. The molecule has 0 amide bonds. The highest BCUT2D eigenvalue weighted by molar-refractivity contribution is 5.51. The maximum Gasteiger partial charge on any atom is 0.246 e. The van der Waals surface area contributed by atoms with Crippen LogP contribution in [0, 0.1) is 0 Å². The van der Waals surface area contributed by atoms with Crippen molar-refractivity contribution in [2.75, 3.05) is 6.54 Å². The van der Waals surface area contributed by atoms with Gasteiger partial charge < -0.3 is 14.3 Å². The zero-order valence-electron chi connectivity index (χ0n) is 9.06. The number of hydrogen-bond acceptors (Lipinski definition) is 5. The molecule has 3 rings (SSSR count). The van der Waals surface area contributed by atoms with Crippen LogP contribution in [0.4, 0.5) is 0 Å². The highest BCUT2D eigenvalue weighted by Crippen LogP contribution is 2.30. The summed E-state index contributed by atoms with van der Waals surface area (Å²) >= 11 is 0. The van der Waals surface area contributed by atoms with Crippen molar-refractivity contribution < 1.29 is 8.94 Å². The molecule has 2 aromatic heterocycles. The highest BCUT2D eigenvalue weighted by Gasteiger charge is 2.35. The third kappa shape index (κ3) is 1.44. The Kier molecular flexibility index (Phi) is 2.07. The van der Waals surface area contributed by atoms with Crippen molar-refractivity contribution in [3.05, 3.63) is 24.5 Å². The predicted molar refractivity (Wildman–Crippen MR) is 56.6 cm³/mol. The largest absolute Gasteiger partial charge is 0.472 e. The smallest absolute Gasteiger partial charge is 0.246 e. The normalized spacial score (nSPS) is 25.1. The molecule has 5 heteroatoms. The molecule has 1 aliphatic rings.